The lowest BCUT2D eigenvalue weighted by atomic mass is 10.2. The van der Waals surface area contributed by atoms with Crippen LogP contribution in [0, 0.1) is 6.92 Å². The van der Waals surface area contributed by atoms with Crippen LogP contribution in [0.1, 0.15) is 32.2 Å². The standard InChI is InChI=1S/C14H11F3N6O3S/c1-6-11(23-4-3-8(21-23)14(15,16)17)27-13(19-6)20-10(24)9-7(12(25)26)5-18-22(9)2/h3-5H,1-2H3,(H,25,26)(H,19,20,24). The quantitative estimate of drug-likeness (QED) is 0.695. The van der Waals surface area contributed by atoms with Gasteiger partial charge in [0.15, 0.2) is 10.8 Å². The summed E-state index contributed by atoms with van der Waals surface area (Å²) in [5, 5.41) is 19.1. The molecule has 0 bridgehead atoms. The minimum absolute atomic E-state index is 0.0779. The van der Waals surface area contributed by atoms with Gasteiger partial charge in [-0.05, 0) is 13.0 Å². The van der Waals surface area contributed by atoms with Crippen LogP contribution < -0.4 is 5.32 Å². The number of halogens is 3. The number of rotatable bonds is 4. The Kier molecular flexibility index (Phi) is 4.47. The summed E-state index contributed by atoms with van der Waals surface area (Å²) in [5.41, 5.74) is -1.18. The lowest BCUT2D eigenvalue weighted by molar-refractivity contribution is -0.141. The minimum Gasteiger partial charge on any atom is -0.478 e. The molecule has 0 atom stereocenters. The zero-order chi connectivity index (χ0) is 19.9. The molecule has 0 aromatic carbocycles. The summed E-state index contributed by atoms with van der Waals surface area (Å²) in [6.45, 7) is 1.54. The van der Waals surface area contributed by atoms with Crippen LogP contribution in [-0.4, -0.2) is 41.5 Å². The van der Waals surface area contributed by atoms with Crippen molar-refractivity contribution >= 4 is 28.3 Å². The molecule has 2 N–H and O–H groups in total. The summed E-state index contributed by atoms with van der Waals surface area (Å²) in [7, 11) is 1.41. The van der Waals surface area contributed by atoms with E-state index >= 15 is 0 Å². The topological polar surface area (TPSA) is 115 Å². The molecule has 3 aromatic rings. The first-order valence-electron chi connectivity index (χ1n) is 7.25. The number of carboxylic acids is 1. The number of carbonyl (C=O) groups is 2. The highest BCUT2D eigenvalue weighted by molar-refractivity contribution is 7.18. The molecule has 0 aliphatic carbocycles. The van der Waals surface area contributed by atoms with Crippen molar-refractivity contribution in [1.29, 1.82) is 0 Å². The summed E-state index contributed by atoms with van der Waals surface area (Å²) in [6, 6.07) is 0.826. The summed E-state index contributed by atoms with van der Waals surface area (Å²) in [5.74, 6) is -2.08. The van der Waals surface area contributed by atoms with E-state index in [4.69, 9.17) is 5.11 Å². The van der Waals surface area contributed by atoms with E-state index < -0.39 is 23.7 Å². The molecule has 0 radical (unpaired) electrons. The Balaban J connectivity index is 1.87. The van der Waals surface area contributed by atoms with Gasteiger partial charge in [-0.15, -0.1) is 0 Å². The first kappa shape index (κ1) is 18.6. The van der Waals surface area contributed by atoms with E-state index in [2.05, 4.69) is 20.5 Å². The number of nitrogens with one attached hydrogen (secondary N) is 1. The van der Waals surface area contributed by atoms with Crippen molar-refractivity contribution in [1.82, 2.24) is 24.5 Å². The molecule has 142 valence electrons. The third-order valence-electron chi connectivity index (χ3n) is 3.46. The Morgan fingerprint density at radius 3 is 2.63 bits per heavy atom. The molecule has 0 saturated carbocycles. The van der Waals surface area contributed by atoms with Crippen molar-refractivity contribution in [2.75, 3.05) is 5.32 Å². The summed E-state index contributed by atoms with van der Waals surface area (Å²) >= 11 is 0.895. The van der Waals surface area contributed by atoms with Crippen molar-refractivity contribution in [2.24, 2.45) is 7.05 Å². The molecule has 13 heteroatoms. The highest BCUT2D eigenvalue weighted by atomic mass is 32.1. The average molecular weight is 400 g/mol. The van der Waals surface area contributed by atoms with Gasteiger partial charge < -0.3 is 5.11 Å². The first-order chi connectivity index (χ1) is 12.6. The second-order valence-electron chi connectivity index (χ2n) is 5.34. The molecule has 0 saturated heterocycles. The SMILES string of the molecule is Cc1nc(NC(=O)c2c(C(=O)O)cnn2C)sc1-n1ccc(C(F)(F)F)n1. The van der Waals surface area contributed by atoms with Gasteiger partial charge in [-0.25, -0.2) is 14.5 Å². The van der Waals surface area contributed by atoms with Crippen LogP contribution in [0.25, 0.3) is 5.00 Å². The van der Waals surface area contributed by atoms with E-state index in [1.54, 1.807) is 6.92 Å². The van der Waals surface area contributed by atoms with Gasteiger partial charge >= 0.3 is 12.1 Å². The van der Waals surface area contributed by atoms with Crippen molar-refractivity contribution in [3.8, 4) is 5.00 Å². The highest BCUT2D eigenvalue weighted by Gasteiger charge is 2.34. The maximum absolute atomic E-state index is 12.7. The number of nitrogens with zero attached hydrogens (tertiary/aromatic N) is 5. The predicted octanol–water partition coefficient (Wildman–Crippen LogP) is 2.34. The van der Waals surface area contributed by atoms with E-state index in [9.17, 15) is 22.8 Å². The van der Waals surface area contributed by atoms with Gasteiger partial charge in [0.25, 0.3) is 5.91 Å². The summed E-state index contributed by atoms with van der Waals surface area (Å²) in [6.07, 6.45) is -2.40. The third-order valence-corrected chi connectivity index (χ3v) is 4.53. The van der Waals surface area contributed by atoms with Gasteiger partial charge in [-0.3, -0.25) is 14.8 Å². The van der Waals surface area contributed by atoms with Crippen molar-refractivity contribution in [2.45, 2.75) is 13.1 Å². The second kappa shape index (κ2) is 6.50. The van der Waals surface area contributed by atoms with E-state index in [-0.39, 0.29) is 21.4 Å². The van der Waals surface area contributed by atoms with E-state index in [0.29, 0.717) is 5.69 Å². The Morgan fingerprint density at radius 1 is 1.33 bits per heavy atom. The van der Waals surface area contributed by atoms with Gasteiger partial charge in [0.2, 0.25) is 0 Å². The van der Waals surface area contributed by atoms with E-state index in [1.165, 1.54) is 7.05 Å². The largest absolute Gasteiger partial charge is 0.478 e. The maximum atomic E-state index is 12.7. The Hall–Kier alpha value is -3.22. The van der Waals surface area contributed by atoms with Crippen LogP contribution in [0.3, 0.4) is 0 Å². The van der Waals surface area contributed by atoms with Crippen LogP contribution in [0.5, 0.6) is 0 Å². The molecule has 3 aromatic heterocycles. The van der Waals surface area contributed by atoms with Crippen molar-refractivity contribution in [3.05, 3.63) is 41.1 Å². The lowest BCUT2D eigenvalue weighted by Gasteiger charge is -2.03. The Morgan fingerprint density at radius 2 is 2.04 bits per heavy atom. The molecular formula is C14H11F3N6O3S. The number of hydrogen-bond donors (Lipinski definition) is 2. The second-order valence-corrected chi connectivity index (χ2v) is 6.32. The molecule has 3 heterocycles. The number of hydrogen-bond acceptors (Lipinski definition) is 6. The fraction of sp³-hybridized carbons (Fsp3) is 0.214. The fourth-order valence-electron chi connectivity index (χ4n) is 2.26. The number of aromatic carboxylic acids is 1. The Labute approximate surface area is 153 Å². The van der Waals surface area contributed by atoms with Gasteiger partial charge in [0, 0.05) is 13.2 Å². The number of anilines is 1. The van der Waals surface area contributed by atoms with E-state index in [1.807, 2.05) is 0 Å². The minimum atomic E-state index is -4.58. The number of alkyl halides is 3. The number of amides is 1. The molecule has 9 nitrogen and oxygen atoms in total. The maximum Gasteiger partial charge on any atom is 0.435 e. The number of thiazole rings is 1. The van der Waals surface area contributed by atoms with Crippen molar-refractivity contribution in [3.63, 3.8) is 0 Å². The molecule has 0 fully saturated rings. The van der Waals surface area contributed by atoms with Gasteiger partial charge in [-0.2, -0.15) is 23.4 Å². The summed E-state index contributed by atoms with van der Waals surface area (Å²) < 4.78 is 40.2. The van der Waals surface area contributed by atoms with Crippen LogP contribution in [-0.2, 0) is 13.2 Å². The lowest BCUT2D eigenvalue weighted by Crippen LogP contribution is -2.19. The van der Waals surface area contributed by atoms with Crippen LogP contribution >= 0.6 is 11.3 Å². The number of carbonyl (C=O) groups excluding carboxylic acids is 1. The average Bonchev–Trinajstić information content (AvgIpc) is 3.24. The normalized spacial score (nSPS) is 11.6. The molecule has 27 heavy (non-hydrogen) atoms. The van der Waals surface area contributed by atoms with Gasteiger partial charge in [0.1, 0.15) is 16.3 Å². The highest BCUT2D eigenvalue weighted by Crippen LogP contribution is 2.31. The molecule has 0 aliphatic heterocycles. The third kappa shape index (κ3) is 3.53. The van der Waals surface area contributed by atoms with Gasteiger partial charge in [-0.1, -0.05) is 11.3 Å². The fourth-order valence-corrected chi connectivity index (χ4v) is 3.16. The molecule has 0 spiro atoms. The molecule has 0 unspecified atom stereocenters. The zero-order valence-electron chi connectivity index (χ0n) is 13.8. The van der Waals surface area contributed by atoms with E-state index in [0.717, 1.165) is 39.2 Å². The zero-order valence-corrected chi connectivity index (χ0v) is 14.6. The number of aromatic nitrogens is 5. The molecule has 0 aliphatic rings. The number of aryl methyl sites for hydroxylation is 2. The molecule has 3 rings (SSSR count). The van der Waals surface area contributed by atoms with Gasteiger partial charge in [0.05, 0.1) is 11.9 Å². The Bertz CT molecular complexity index is 1040. The summed E-state index contributed by atoms with van der Waals surface area (Å²) in [4.78, 5) is 27.6. The van der Waals surface area contributed by atoms with Crippen LogP contribution in [0.15, 0.2) is 18.5 Å². The smallest absolute Gasteiger partial charge is 0.435 e. The molecule has 1 amide bonds. The van der Waals surface area contributed by atoms with Crippen molar-refractivity contribution < 1.29 is 27.9 Å². The number of carboxylic acid groups (broad SMARTS) is 1. The monoisotopic (exact) mass is 400 g/mol. The van der Waals surface area contributed by atoms with Crippen LogP contribution in [0.2, 0.25) is 0 Å². The van der Waals surface area contributed by atoms with Crippen LogP contribution in [0.4, 0.5) is 18.3 Å². The first-order valence-corrected chi connectivity index (χ1v) is 8.07. The molecular weight excluding hydrogens is 389 g/mol. The predicted molar refractivity (Wildman–Crippen MR) is 87.1 cm³/mol.